The summed E-state index contributed by atoms with van der Waals surface area (Å²) in [4.78, 5) is 43.3. The number of carbonyl (C=O) groups is 3. The standard InChI is InChI=1S/C37H41FN6O5/c1-23-19-44(24(2)22-45)36(47)29-7-6-10-32(42-37(48)40-28-17-15-27(38)16-18-28)34(29)49-33(23)21-43(3)20-25-11-13-26(14-12-25)35(46)41-31-9-5-4-8-30(31)39/h4-18,23-24,33,45H,19-22,39H2,1-3H3,(H,41,46)(H2,40,42,48)/t23-,24-,33+/m1/s1. The second-order valence-electron chi connectivity index (χ2n) is 12.3. The van der Waals surface area contributed by atoms with Crippen LogP contribution in [0.2, 0.25) is 0 Å². The van der Waals surface area contributed by atoms with Crippen LogP contribution in [-0.4, -0.2) is 71.6 Å². The normalized spacial score (nSPS) is 16.5. The molecule has 1 aliphatic rings. The highest BCUT2D eigenvalue weighted by atomic mass is 19.1. The quantitative estimate of drug-likeness (QED) is 0.137. The summed E-state index contributed by atoms with van der Waals surface area (Å²) in [5.41, 5.74) is 9.39. The van der Waals surface area contributed by atoms with E-state index < -0.39 is 24.0 Å². The van der Waals surface area contributed by atoms with Crippen LogP contribution < -0.4 is 26.4 Å². The Morgan fingerprint density at radius 3 is 2.37 bits per heavy atom. The van der Waals surface area contributed by atoms with Gasteiger partial charge in [0.25, 0.3) is 11.8 Å². The van der Waals surface area contributed by atoms with Crippen LogP contribution in [0.15, 0.2) is 91.0 Å². The minimum absolute atomic E-state index is 0.161. The lowest BCUT2D eigenvalue weighted by Gasteiger charge is -2.38. The first-order chi connectivity index (χ1) is 23.5. The molecule has 1 aliphatic heterocycles. The minimum Gasteiger partial charge on any atom is -0.486 e. The van der Waals surface area contributed by atoms with E-state index in [9.17, 15) is 23.9 Å². The fourth-order valence-corrected chi connectivity index (χ4v) is 5.63. The van der Waals surface area contributed by atoms with Crippen molar-refractivity contribution in [1.82, 2.24) is 9.80 Å². The van der Waals surface area contributed by atoms with Gasteiger partial charge in [0.1, 0.15) is 11.9 Å². The van der Waals surface area contributed by atoms with Crippen molar-refractivity contribution in [2.24, 2.45) is 5.92 Å². The topological polar surface area (TPSA) is 149 Å². The Morgan fingerprint density at radius 1 is 0.980 bits per heavy atom. The van der Waals surface area contributed by atoms with Crippen LogP contribution in [0, 0.1) is 11.7 Å². The Balaban J connectivity index is 1.33. The van der Waals surface area contributed by atoms with E-state index in [0.29, 0.717) is 42.3 Å². The highest BCUT2D eigenvalue weighted by Crippen LogP contribution is 2.35. The lowest BCUT2D eigenvalue weighted by molar-refractivity contribution is 0.0343. The molecule has 49 heavy (non-hydrogen) atoms. The van der Waals surface area contributed by atoms with Crippen molar-refractivity contribution in [2.45, 2.75) is 32.5 Å². The van der Waals surface area contributed by atoms with E-state index in [4.69, 9.17) is 10.5 Å². The fraction of sp³-hybridized carbons (Fsp3) is 0.270. The SMILES string of the molecule is C[C@@H]1CN([C@H](C)CO)C(=O)c2cccc(NC(=O)Nc3ccc(F)cc3)c2O[C@H]1CN(C)Cc1ccc(C(=O)Nc2ccccc2N)cc1. The van der Waals surface area contributed by atoms with Gasteiger partial charge in [0, 0.05) is 36.8 Å². The van der Waals surface area contributed by atoms with Gasteiger partial charge in [0.15, 0.2) is 5.75 Å². The molecule has 6 N–H and O–H groups in total. The van der Waals surface area contributed by atoms with Crippen molar-refractivity contribution in [3.63, 3.8) is 0 Å². The lowest BCUT2D eigenvalue weighted by atomic mass is 9.98. The number of nitrogens with zero attached hydrogens (tertiary/aromatic N) is 2. The van der Waals surface area contributed by atoms with E-state index in [1.807, 2.05) is 26.1 Å². The number of nitrogens with two attached hydrogens (primary N) is 1. The Morgan fingerprint density at radius 2 is 1.67 bits per heavy atom. The number of aliphatic hydroxyl groups excluding tert-OH is 1. The maximum Gasteiger partial charge on any atom is 0.323 e. The Kier molecular flexibility index (Phi) is 11.1. The number of ether oxygens (including phenoxy) is 1. The first-order valence-corrected chi connectivity index (χ1v) is 16.0. The monoisotopic (exact) mass is 668 g/mol. The smallest absolute Gasteiger partial charge is 0.323 e. The van der Waals surface area contributed by atoms with Crippen molar-refractivity contribution >= 4 is 40.6 Å². The number of carbonyl (C=O) groups excluding carboxylic acids is 3. The molecule has 1 heterocycles. The number of hydrogen-bond acceptors (Lipinski definition) is 7. The highest BCUT2D eigenvalue weighted by molar-refractivity contribution is 6.06. The number of halogens is 1. The molecule has 0 saturated carbocycles. The number of likely N-dealkylation sites (N-methyl/N-ethyl adjacent to an activating group) is 1. The van der Waals surface area contributed by atoms with E-state index in [1.54, 1.807) is 66.4 Å². The van der Waals surface area contributed by atoms with Crippen LogP contribution in [0.5, 0.6) is 5.75 Å². The molecule has 5 rings (SSSR count). The summed E-state index contributed by atoms with van der Waals surface area (Å²) < 4.78 is 20.0. The van der Waals surface area contributed by atoms with E-state index >= 15 is 0 Å². The molecular weight excluding hydrogens is 627 g/mol. The van der Waals surface area contributed by atoms with Gasteiger partial charge < -0.3 is 36.4 Å². The molecule has 3 atom stereocenters. The molecule has 256 valence electrons. The second kappa shape index (κ2) is 15.6. The van der Waals surface area contributed by atoms with E-state index in [2.05, 4.69) is 20.9 Å². The van der Waals surface area contributed by atoms with Gasteiger partial charge in [-0.1, -0.05) is 37.3 Å². The van der Waals surface area contributed by atoms with Gasteiger partial charge in [-0.05, 0) is 80.2 Å². The second-order valence-corrected chi connectivity index (χ2v) is 12.3. The number of amides is 4. The van der Waals surface area contributed by atoms with Crippen LogP contribution in [0.3, 0.4) is 0 Å². The zero-order chi connectivity index (χ0) is 35.1. The number of benzene rings is 4. The average molecular weight is 669 g/mol. The first-order valence-electron chi connectivity index (χ1n) is 16.0. The highest BCUT2D eigenvalue weighted by Gasteiger charge is 2.34. The predicted octanol–water partition coefficient (Wildman–Crippen LogP) is 5.66. The third-order valence-electron chi connectivity index (χ3n) is 8.41. The maximum atomic E-state index is 13.8. The molecule has 0 bridgehead atoms. The van der Waals surface area contributed by atoms with Crippen LogP contribution in [-0.2, 0) is 6.54 Å². The third-order valence-corrected chi connectivity index (χ3v) is 8.41. The number of para-hydroxylation sites is 3. The van der Waals surface area contributed by atoms with Gasteiger partial charge in [-0.2, -0.15) is 0 Å². The molecule has 0 spiro atoms. The van der Waals surface area contributed by atoms with Gasteiger partial charge in [0.2, 0.25) is 0 Å². The number of anilines is 4. The maximum absolute atomic E-state index is 13.8. The molecule has 0 fully saturated rings. The zero-order valence-corrected chi connectivity index (χ0v) is 27.7. The molecule has 4 aromatic rings. The molecule has 0 saturated heterocycles. The molecule has 0 unspecified atom stereocenters. The number of hydrogen-bond donors (Lipinski definition) is 5. The molecule has 0 aromatic heterocycles. The van der Waals surface area contributed by atoms with E-state index in [0.717, 1.165) is 5.56 Å². The molecule has 4 amide bonds. The minimum atomic E-state index is -0.593. The van der Waals surface area contributed by atoms with Crippen molar-refractivity contribution in [3.8, 4) is 5.75 Å². The van der Waals surface area contributed by atoms with Crippen molar-refractivity contribution < 1.29 is 28.6 Å². The molecule has 12 heteroatoms. The number of nitrogen functional groups attached to an aromatic ring is 1. The van der Waals surface area contributed by atoms with Crippen LogP contribution in [0.1, 0.15) is 40.1 Å². The van der Waals surface area contributed by atoms with Crippen molar-refractivity contribution in [1.29, 1.82) is 0 Å². The average Bonchev–Trinajstić information content (AvgIpc) is 3.08. The number of nitrogens with one attached hydrogen (secondary N) is 3. The summed E-state index contributed by atoms with van der Waals surface area (Å²) in [6.45, 7) is 4.90. The van der Waals surface area contributed by atoms with Crippen LogP contribution in [0.4, 0.5) is 31.9 Å². The Bertz CT molecular complexity index is 1790. The summed E-state index contributed by atoms with van der Waals surface area (Å²) >= 11 is 0. The predicted molar refractivity (Wildman–Crippen MR) is 188 cm³/mol. The number of aliphatic hydroxyl groups is 1. The van der Waals surface area contributed by atoms with Gasteiger partial charge >= 0.3 is 6.03 Å². The van der Waals surface area contributed by atoms with Gasteiger partial charge in [-0.3, -0.25) is 14.5 Å². The number of urea groups is 1. The van der Waals surface area contributed by atoms with E-state index in [-0.39, 0.29) is 41.3 Å². The van der Waals surface area contributed by atoms with Gasteiger partial charge in [0.05, 0.1) is 35.3 Å². The van der Waals surface area contributed by atoms with Crippen LogP contribution >= 0.6 is 0 Å². The van der Waals surface area contributed by atoms with Crippen molar-refractivity contribution in [2.75, 3.05) is 48.4 Å². The molecule has 4 aromatic carbocycles. The summed E-state index contributed by atoms with van der Waals surface area (Å²) in [6, 6.07) is 23.6. The number of fused-ring (bicyclic) bond motifs is 1. The van der Waals surface area contributed by atoms with Gasteiger partial charge in [-0.25, -0.2) is 9.18 Å². The number of rotatable bonds is 10. The third kappa shape index (κ3) is 8.72. The molecule has 11 nitrogen and oxygen atoms in total. The summed E-state index contributed by atoms with van der Waals surface area (Å²) in [5.74, 6) is -0.956. The zero-order valence-electron chi connectivity index (χ0n) is 27.7. The summed E-state index contributed by atoms with van der Waals surface area (Å²) in [5, 5.41) is 18.3. The van der Waals surface area contributed by atoms with E-state index in [1.165, 1.54) is 24.3 Å². The van der Waals surface area contributed by atoms with Crippen molar-refractivity contribution in [3.05, 3.63) is 114 Å². The molecule has 0 aliphatic carbocycles. The first kappa shape index (κ1) is 34.9. The van der Waals surface area contributed by atoms with Crippen LogP contribution in [0.25, 0.3) is 0 Å². The van der Waals surface area contributed by atoms with Gasteiger partial charge in [-0.15, -0.1) is 0 Å². The fourth-order valence-electron chi connectivity index (χ4n) is 5.63. The summed E-state index contributed by atoms with van der Waals surface area (Å²) in [6.07, 6.45) is -0.422. The Labute approximate surface area is 284 Å². The lowest BCUT2D eigenvalue weighted by Crippen LogP contribution is -2.49. The molecule has 0 radical (unpaired) electrons. The largest absolute Gasteiger partial charge is 0.486 e. The summed E-state index contributed by atoms with van der Waals surface area (Å²) in [7, 11) is 1.95. The Hall–Kier alpha value is -5.46. The molecular formula is C37H41FN6O5.